The summed E-state index contributed by atoms with van der Waals surface area (Å²) in [5.74, 6) is 1.36. The van der Waals surface area contributed by atoms with E-state index in [4.69, 9.17) is 19.9 Å². The van der Waals surface area contributed by atoms with Gasteiger partial charge in [0.25, 0.3) is 0 Å². The minimum absolute atomic E-state index is 0.0352. The summed E-state index contributed by atoms with van der Waals surface area (Å²) in [5, 5.41) is 22.5. The zero-order valence-corrected chi connectivity index (χ0v) is 29.0. The van der Waals surface area contributed by atoms with E-state index in [9.17, 15) is 13.6 Å². The molecular formula is C33H47F2N8O3S+. The van der Waals surface area contributed by atoms with Crippen molar-refractivity contribution in [2.75, 3.05) is 48.9 Å². The average Bonchev–Trinajstić information content (AvgIpc) is 3.53. The zero-order chi connectivity index (χ0) is 34.8. The molecule has 4 aromatic rings. The number of benzene rings is 2. The van der Waals surface area contributed by atoms with Crippen molar-refractivity contribution in [3.8, 4) is 0 Å². The molecule has 0 amide bonds. The fourth-order valence-electron chi connectivity index (χ4n) is 4.35. The molecule has 0 spiro atoms. The molecule has 0 aliphatic carbocycles. The number of anilines is 4. The highest BCUT2D eigenvalue weighted by Crippen LogP contribution is 2.35. The Morgan fingerprint density at radius 2 is 1.83 bits per heavy atom. The van der Waals surface area contributed by atoms with Crippen LogP contribution >= 0.6 is 11.8 Å². The number of H-pyrrole nitrogens is 1. The monoisotopic (exact) mass is 673 g/mol. The van der Waals surface area contributed by atoms with E-state index in [0.29, 0.717) is 52.2 Å². The maximum Gasteiger partial charge on any atom is 0.198 e. The Bertz CT molecular complexity index is 1530. The first-order valence-electron chi connectivity index (χ1n) is 15.7. The number of aryl methyl sites for hydroxylation is 1. The van der Waals surface area contributed by atoms with Gasteiger partial charge >= 0.3 is 0 Å². The molecule has 256 valence electrons. The Hall–Kier alpha value is -4.11. The molecule has 1 aliphatic rings. The molecule has 0 radical (unpaired) electrons. The first kappa shape index (κ1) is 39.1. The van der Waals surface area contributed by atoms with Gasteiger partial charge in [0.2, 0.25) is 0 Å². The number of carbonyl (C=O) groups excluding carboxylic acids is 1. The van der Waals surface area contributed by atoms with E-state index in [1.165, 1.54) is 30.0 Å². The lowest BCUT2D eigenvalue weighted by molar-refractivity contribution is -0.826. The van der Waals surface area contributed by atoms with E-state index in [2.05, 4.69) is 32.7 Å². The number of aromatic nitrogens is 4. The van der Waals surface area contributed by atoms with Crippen molar-refractivity contribution in [2.24, 2.45) is 0 Å². The Labute approximate surface area is 279 Å². The van der Waals surface area contributed by atoms with Crippen molar-refractivity contribution in [1.29, 1.82) is 0 Å². The van der Waals surface area contributed by atoms with Gasteiger partial charge in [0.05, 0.1) is 18.1 Å². The standard InChI is InChI=1S/C21H26FN7OS.C8H8FNO2.2C2H6/c1-4-15-19(24-18-11-13(2)27-28-18)25-21(26-20(15)29-7-9-30-10-8-29)31-17-6-5-14(23-3)12-16(17)22;9-8-6(4-5-11)2-1-3-7(8)10-12;2*1-2/h5-6,11-12,23H,4,7-10H2,1-3H3,(H2,24,25,26,27,28);1-3,5,10,12H,4H2;2*1-2H3/p+1. The molecule has 14 heteroatoms. The van der Waals surface area contributed by atoms with Crippen LogP contribution in [0.5, 0.6) is 0 Å². The van der Waals surface area contributed by atoms with Gasteiger partial charge in [-0.2, -0.15) is 15.0 Å². The van der Waals surface area contributed by atoms with Crippen molar-refractivity contribution in [2.45, 2.75) is 64.4 Å². The molecule has 2 aromatic heterocycles. The van der Waals surface area contributed by atoms with Crippen LogP contribution in [0.3, 0.4) is 0 Å². The number of hydrogen-bond acceptors (Lipinski definition) is 10. The third-order valence-electron chi connectivity index (χ3n) is 6.55. The second kappa shape index (κ2) is 20.9. The Morgan fingerprint density at radius 3 is 2.40 bits per heavy atom. The van der Waals surface area contributed by atoms with Gasteiger partial charge in [-0.3, -0.25) is 5.10 Å². The van der Waals surface area contributed by atoms with Crippen LogP contribution in [0.25, 0.3) is 0 Å². The summed E-state index contributed by atoms with van der Waals surface area (Å²) in [6, 6.07) is 11.5. The van der Waals surface area contributed by atoms with E-state index < -0.39 is 5.82 Å². The summed E-state index contributed by atoms with van der Waals surface area (Å²) in [4.78, 5) is 22.3. The first-order valence-corrected chi connectivity index (χ1v) is 16.5. The van der Waals surface area contributed by atoms with Crippen LogP contribution in [-0.2, 0) is 22.4 Å². The fraction of sp³-hybridized carbons (Fsp3) is 0.394. The minimum atomic E-state index is -0.535. The molecular weight excluding hydrogens is 626 g/mol. The predicted octanol–water partition coefficient (Wildman–Crippen LogP) is 6.19. The van der Waals surface area contributed by atoms with Crippen LogP contribution in [0.1, 0.15) is 51.4 Å². The second-order valence-corrected chi connectivity index (χ2v) is 10.5. The summed E-state index contributed by atoms with van der Waals surface area (Å²) in [5.41, 5.74) is 3.75. The fourth-order valence-corrected chi connectivity index (χ4v) is 5.11. The van der Waals surface area contributed by atoms with Gasteiger partial charge in [-0.05, 0) is 43.3 Å². The van der Waals surface area contributed by atoms with Crippen molar-refractivity contribution in [3.63, 3.8) is 0 Å². The van der Waals surface area contributed by atoms with Gasteiger partial charge in [0, 0.05) is 61.2 Å². The molecule has 0 saturated carbocycles. The molecule has 0 atom stereocenters. The van der Waals surface area contributed by atoms with Crippen LogP contribution < -0.4 is 21.0 Å². The molecule has 47 heavy (non-hydrogen) atoms. The van der Waals surface area contributed by atoms with E-state index in [0.717, 1.165) is 42.3 Å². The van der Waals surface area contributed by atoms with Gasteiger partial charge in [-0.15, -0.1) is 0 Å². The predicted molar refractivity (Wildman–Crippen MR) is 183 cm³/mol. The Morgan fingerprint density at radius 1 is 1.11 bits per heavy atom. The zero-order valence-electron chi connectivity index (χ0n) is 28.2. The molecule has 1 aliphatic heterocycles. The molecule has 0 unspecified atom stereocenters. The van der Waals surface area contributed by atoms with Gasteiger partial charge in [0.15, 0.2) is 22.5 Å². The highest BCUT2D eigenvalue weighted by molar-refractivity contribution is 7.99. The SMILES string of the molecule is CC.CC.CCc1c(Nc2cc(C)[nH]n2)nc(Sc2ccc(NC)cc2F)nc1N1CCOCC1.O=CCc1cccc([NH2+]O)c1F. The number of aldehydes is 1. The molecule has 1 fully saturated rings. The number of halogens is 2. The van der Waals surface area contributed by atoms with Crippen molar-refractivity contribution in [1.82, 2.24) is 20.2 Å². The van der Waals surface area contributed by atoms with E-state index in [1.807, 2.05) is 46.8 Å². The number of nitrogens with one attached hydrogen (secondary N) is 3. The van der Waals surface area contributed by atoms with Gasteiger partial charge < -0.3 is 25.1 Å². The van der Waals surface area contributed by atoms with Gasteiger partial charge in [0.1, 0.15) is 23.7 Å². The number of nitrogens with two attached hydrogens (primary N) is 1. The minimum Gasteiger partial charge on any atom is -0.388 e. The van der Waals surface area contributed by atoms with Crippen LogP contribution in [0.2, 0.25) is 0 Å². The Kier molecular flexibility index (Phi) is 17.4. The number of aromatic amines is 1. The lowest BCUT2D eigenvalue weighted by Crippen LogP contribution is -2.74. The molecule has 6 N–H and O–H groups in total. The van der Waals surface area contributed by atoms with E-state index in [-0.39, 0.29) is 17.9 Å². The quantitative estimate of drug-likeness (QED) is 0.0572. The second-order valence-electron chi connectivity index (χ2n) is 9.49. The van der Waals surface area contributed by atoms with Gasteiger partial charge in [-0.25, -0.2) is 19.6 Å². The number of rotatable bonds is 10. The van der Waals surface area contributed by atoms with Crippen LogP contribution in [0.15, 0.2) is 52.5 Å². The van der Waals surface area contributed by atoms with Gasteiger partial charge in [-0.1, -0.05) is 46.8 Å². The molecule has 3 heterocycles. The number of ether oxygens (including phenoxy) is 1. The molecule has 1 saturated heterocycles. The summed E-state index contributed by atoms with van der Waals surface area (Å²) >= 11 is 1.21. The summed E-state index contributed by atoms with van der Waals surface area (Å²) in [6.07, 6.45) is 1.40. The molecule has 2 aromatic carbocycles. The summed E-state index contributed by atoms with van der Waals surface area (Å²) in [6.45, 7) is 14.8. The number of carbonyl (C=O) groups is 1. The Balaban J connectivity index is 0.000000402. The number of morpholine rings is 1. The highest BCUT2D eigenvalue weighted by Gasteiger charge is 2.22. The normalized spacial score (nSPS) is 12.0. The van der Waals surface area contributed by atoms with Crippen LogP contribution in [0, 0.1) is 18.6 Å². The largest absolute Gasteiger partial charge is 0.388 e. The third-order valence-corrected chi connectivity index (χ3v) is 7.47. The third kappa shape index (κ3) is 11.3. The first-order chi connectivity index (χ1) is 22.9. The van der Waals surface area contributed by atoms with Crippen molar-refractivity contribution < 1.29 is 29.0 Å². The molecule has 11 nitrogen and oxygen atoms in total. The number of hydrogen-bond donors (Lipinski definition) is 5. The van der Waals surface area contributed by atoms with E-state index in [1.54, 1.807) is 19.2 Å². The topological polar surface area (TPSA) is 145 Å². The number of nitrogens with zero attached hydrogens (tertiary/aromatic N) is 4. The molecule has 5 rings (SSSR count). The lowest BCUT2D eigenvalue weighted by atomic mass is 10.1. The van der Waals surface area contributed by atoms with Crippen LogP contribution in [0.4, 0.5) is 37.6 Å². The van der Waals surface area contributed by atoms with Crippen molar-refractivity contribution >= 4 is 46.9 Å². The number of quaternary nitrogens is 1. The van der Waals surface area contributed by atoms with E-state index >= 15 is 0 Å². The highest BCUT2D eigenvalue weighted by atomic mass is 32.2. The molecule has 0 bridgehead atoms. The summed E-state index contributed by atoms with van der Waals surface area (Å²) in [7, 11) is 1.76. The maximum absolute atomic E-state index is 14.6. The maximum atomic E-state index is 14.6. The van der Waals surface area contributed by atoms with Crippen LogP contribution in [-0.4, -0.2) is 65.0 Å². The summed E-state index contributed by atoms with van der Waals surface area (Å²) < 4.78 is 33.2. The smallest absolute Gasteiger partial charge is 0.198 e. The average molecular weight is 674 g/mol. The van der Waals surface area contributed by atoms with Crippen molar-refractivity contribution in [3.05, 3.63) is 70.9 Å². The lowest BCUT2D eigenvalue weighted by Gasteiger charge is -2.30.